The van der Waals surface area contributed by atoms with Gasteiger partial charge in [-0.25, -0.2) is 4.98 Å². The number of carbonyl (C=O) groups is 2. The molecule has 6 rings (SSSR count). The molecule has 2 atom stereocenters. The van der Waals surface area contributed by atoms with Gasteiger partial charge in [-0.05, 0) is 54.0 Å². The van der Waals surface area contributed by atoms with E-state index in [1.54, 1.807) is 16.8 Å². The molecule has 1 N–H and O–H groups in total. The smallest absolute Gasteiger partial charge is 0.262 e. The number of fused-ring (bicyclic) bond motifs is 1. The van der Waals surface area contributed by atoms with Crippen molar-refractivity contribution in [3.8, 4) is 0 Å². The number of carbonyl (C=O) groups excluding carboxylic acids is 2. The maximum atomic E-state index is 14.1. The number of hydrogen-bond acceptors (Lipinski definition) is 5. The Balaban J connectivity index is 1.16. The molecule has 0 spiro atoms. The van der Waals surface area contributed by atoms with Crippen molar-refractivity contribution < 1.29 is 14.7 Å². The molecule has 2 saturated heterocycles. The van der Waals surface area contributed by atoms with Crippen molar-refractivity contribution >= 4 is 22.8 Å². The molecule has 0 radical (unpaired) electrons. The molecule has 9 heteroatoms. The van der Waals surface area contributed by atoms with Gasteiger partial charge in [0.05, 0.1) is 17.5 Å². The van der Waals surface area contributed by atoms with Crippen LogP contribution in [0.25, 0.3) is 11.0 Å². The molecule has 2 aliphatic rings. The zero-order valence-corrected chi connectivity index (χ0v) is 26.6. The van der Waals surface area contributed by atoms with Gasteiger partial charge in [-0.2, -0.15) is 0 Å². The van der Waals surface area contributed by atoms with Gasteiger partial charge in [0.15, 0.2) is 0 Å². The van der Waals surface area contributed by atoms with Crippen LogP contribution in [0, 0.1) is 5.92 Å². The van der Waals surface area contributed by atoms with Gasteiger partial charge >= 0.3 is 0 Å². The lowest BCUT2D eigenvalue weighted by Gasteiger charge is -2.43. The van der Waals surface area contributed by atoms with Crippen LogP contribution < -0.4 is 5.56 Å². The maximum Gasteiger partial charge on any atom is 0.262 e. The molecule has 2 fully saturated rings. The molecule has 2 aromatic carbocycles. The van der Waals surface area contributed by atoms with E-state index in [0.29, 0.717) is 62.0 Å². The second kappa shape index (κ2) is 11.9. The molecule has 0 saturated carbocycles. The summed E-state index contributed by atoms with van der Waals surface area (Å²) < 4.78 is 3.28. The SMILES string of the molecule is Cn1ccc2c(=O)n(CC3(O)CCN(C(=O)C4CCN(C(=O)c5cccc(C(C)(C)C)c5)CC4c4ccccc4)CC3)cnc21. The summed E-state index contributed by atoms with van der Waals surface area (Å²) in [6.07, 6.45) is 4.61. The van der Waals surface area contributed by atoms with Crippen LogP contribution in [-0.4, -0.2) is 72.6 Å². The van der Waals surface area contributed by atoms with Gasteiger partial charge in [-0.15, -0.1) is 0 Å². The molecule has 4 heterocycles. The van der Waals surface area contributed by atoms with Gasteiger partial charge in [0.1, 0.15) is 12.0 Å². The Morgan fingerprint density at radius 3 is 2.42 bits per heavy atom. The lowest BCUT2D eigenvalue weighted by molar-refractivity contribution is -0.142. The fourth-order valence-electron chi connectivity index (χ4n) is 6.92. The molecule has 4 aromatic rings. The van der Waals surface area contributed by atoms with Gasteiger partial charge in [0, 0.05) is 56.8 Å². The van der Waals surface area contributed by atoms with E-state index >= 15 is 0 Å². The molecule has 45 heavy (non-hydrogen) atoms. The summed E-state index contributed by atoms with van der Waals surface area (Å²) in [7, 11) is 1.84. The van der Waals surface area contributed by atoms with E-state index in [9.17, 15) is 19.5 Å². The van der Waals surface area contributed by atoms with Gasteiger partial charge in [0.25, 0.3) is 11.5 Å². The molecule has 2 aromatic heterocycles. The van der Waals surface area contributed by atoms with E-state index in [4.69, 9.17) is 0 Å². The zero-order valence-electron chi connectivity index (χ0n) is 26.6. The van der Waals surface area contributed by atoms with Gasteiger partial charge < -0.3 is 19.5 Å². The summed E-state index contributed by atoms with van der Waals surface area (Å²) in [6.45, 7) is 8.35. The van der Waals surface area contributed by atoms with E-state index < -0.39 is 5.60 Å². The van der Waals surface area contributed by atoms with Crippen molar-refractivity contribution in [1.82, 2.24) is 23.9 Å². The zero-order chi connectivity index (χ0) is 31.9. The van der Waals surface area contributed by atoms with E-state index in [2.05, 4.69) is 31.8 Å². The Hall–Kier alpha value is -4.24. The average molecular weight is 610 g/mol. The monoisotopic (exact) mass is 609 g/mol. The first-order valence-electron chi connectivity index (χ1n) is 15.9. The predicted octanol–water partition coefficient (Wildman–Crippen LogP) is 4.33. The third-order valence-corrected chi connectivity index (χ3v) is 9.74. The summed E-state index contributed by atoms with van der Waals surface area (Å²) in [5.74, 6) is -0.340. The third kappa shape index (κ3) is 6.18. The Labute approximate surface area is 264 Å². The van der Waals surface area contributed by atoms with Crippen LogP contribution >= 0.6 is 0 Å². The normalized spacial score (nSPS) is 20.4. The lowest BCUT2D eigenvalue weighted by atomic mass is 9.79. The number of amides is 2. The highest BCUT2D eigenvalue weighted by Crippen LogP contribution is 2.36. The third-order valence-electron chi connectivity index (χ3n) is 9.74. The molecule has 0 bridgehead atoms. The number of aryl methyl sites for hydroxylation is 1. The highest BCUT2D eigenvalue weighted by Gasteiger charge is 2.41. The van der Waals surface area contributed by atoms with Gasteiger partial charge in [-0.1, -0.05) is 63.2 Å². The molecular weight excluding hydrogens is 566 g/mol. The highest BCUT2D eigenvalue weighted by atomic mass is 16.3. The number of aliphatic hydroxyl groups is 1. The van der Waals surface area contributed by atoms with E-state index in [0.717, 1.165) is 11.1 Å². The molecular formula is C36H43N5O4. The quantitative estimate of drug-likeness (QED) is 0.363. The maximum absolute atomic E-state index is 14.1. The first kappa shape index (κ1) is 30.8. The van der Waals surface area contributed by atoms with E-state index in [1.807, 2.05) is 65.4 Å². The minimum atomic E-state index is -1.11. The fourth-order valence-corrected chi connectivity index (χ4v) is 6.92. The number of nitrogens with zero attached hydrogens (tertiary/aromatic N) is 5. The summed E-state index contributed by atoms with van der Waals surface area (Å²) in [4.78, 5) is 49.0. The van der Waals surface area contributed by atoms with Crippen LogP contribution in [0.5, 0.6) is 0 Å². The second-order valence-corrected chi connectivity index (χ2v) is 13.9. The van der Waals surface area contributed by atoms with Crippen LogP contribution in [0.1, 0.15) is 67.4 Å². The molecule has 2 amide bonds. The lowest BCUT2D eigenvalue weighted by Crippen LogP contribution is -2.53. The average Bonchev–Trinajstić information content (AvgIpc) is 3.42. The van der Waals surface area contributed by atoms with E-state index in [1.165, 1.54) is 10.9 Å². The van der Waals surface area contributed by atoms with Crippen molar-refractivity contribution in [2.45, 2.75) is 63.5 Å². The van der Waals surface area contributed by atoms with Crippen LogP contribution in [0.15, 0.2) is 78.0 Å². The summed E-state index contributed by atoms with van der Waals surface area (Å²) >= 11 is 0. The molecule has 236 valence electrons. The minimum Gasteiger partial charge on any atom is -0.388 e. The first-order valence-corrected chi connectivity index (χ1v) is 15.9. The van der Waals surface area contributed by atoms with Crippen molar-refractivity contribution in [1.29, 1.82) is 0 Å². The molecule has 2 aliphatic heterocycles. The summed E-state index contributed by atoms with van der Waals surface area (Å²) in [5, 5.41) is 12.0. The number of rotatable bonds is 5. The Bertz CT molecular complexity index is 1760. The topological polar surface area (TPSA) is 101 Å². The van der Waals surface area contributed by atoms with Gasteiger partial charge in [0.2, 0.25) is 5.91 Å². The number of aromatic nitrogens is 3. The standard InChI is InChI=1S/C36H43N5O4/c1-35(2,3)27-12-8-11-26(21-27)32(42)40-18-14-28(30(22-40)25-9-6-5-7-10-25)33(43)39-19-15-36(45,16-20-39)23-41-24-37-31-29(34(41)44)13-17-38(31)4/h5-13,17,21,24,28,30,45H,14-16,18-20,22-23H2,1-4H3. The minimum absolute atomic E-state index is 0.00519. The van der Waals surface area contributed by atoms with Crippen LogP contribution in [0.4, 0.5) is 0 Å². The number of likely N-dealkylation sites (tertiary alicyclic amines) is 2. The highest BCUT2D eigenvalue weighted by molar-refractivity contribution is 5.95. The predicted molar refractivity (Wildman–Crippen MR) is 174 cm³/mol. The van der Waals surface area contributed by atoms with Crippen molar-refractivity contribution in [3.05, 3.63) is 100 Å². The van der Waals surface area contributed by atoms with Crippen LogP contribution in [-0.2, 0) is 23.8 Å². The van der Waals surface area contributed by atoms with Crippen molar-refractivity contribution in [2.24, 2.45) is 13.0 Å². The number of benzene rings is 2. The summed E-state index contributed by atoms with van der Waals surface area (Å²) in [5.41, 5.74) is 2.10. The number of hydrogen-bond donors (Lipinski definition) is 1. The number of piperidine rings is 2. The largest absolute Gasteiger partial charge is 0.388 e. The Morgan fingerprint density at radius 2 is 1.71 bits per heavy atom. The van der Waals surface area contributed by atoms with Crippen LogP contribution in [0.2, 0.25) is 0 Å². The Kier molecular flexibility index (Phi) is 8.16. The second-order valence-electron chi connectivity index (χ2n) is 13.9. The van der Waals surface area contributed by atoms with Crippen molar-refractivity contribution in [2.75, 3.05) is 26.2 Å². The van der Waals surface area contributed by atoms with E-state index in [-0.39, 0.29) is 41.2 Å². The fraction of sp³-hybridized carbons (Fsp3) is 0.444. The van der Waals surface area contributed by atoms with Crippen LogP contribution in [0.3, 0.4) is 0 Å². The molecule has 2 unspecified atom stereocenters. The first-order chi connectivity index (χ1) is 21.4. The van der Waals surface area contributed by atoms with Crippen molar-refractivity contribution in [3.63, 3.8) is 0 Å². The molecule has 0 aliphatic carbocycles. The summed E-state index contributed by atoms with van der Waals surface area (Å²) in [6, 6.07) is 19.6. The van der Waals surface area contributed by atoms with Gasteiger partial charge in [-0.3, -0.25) is 19.0 Å². The Morgan fingerprint density at radius 1 is 0.978 bits per heavy atom. The molecule has 9 nitrogen and oxygen atoms in total.